The number of rotatable bonds is 6. The van der Waals surface area contributed by atoms with Gasteiger partial charge in [-0.25, -0.2) is 13.9 Å². The van der Waals surface area contributed by atoms with Crippen LogP contribution in [0.2, 0.25) is 0 Å². The molecule has 1 aliphatic carbocycles. The molecule has 4 rings (SSSR count). The first-order valence-electron chi connectivity index (χ1n) is 11.5. The maximum absolute atomic E-state index is 13.7. The summed E-state index contributed by atoms with van der Waals surface area (Å²) in [6.45, 7) is 1.94. The molecule has 0 unspecified atom stereocenters. The number of amides is 1. The average Bonchev–Trinajstić information content (AvgIpc) is 2.85. The van der Waals surface area contributed by atoms with Crippen molar-refractivity contribution in [2.45, 2.75) is 48.2 Å². The van der Waals surface area contributed by atoms with E-state index >= 15 is 0 Å². The summed E-state index contributed by atoms with van der Waals surface area (Å²) < 4.78 is 36.7. The van der Waals surface area contributed by atoms with E-state index in [9.17, 15) is 18.4 Å². The highest BCUT2D eigenvalue weighted by molar-refractivity contribution is 7.93. The lowest BCUT2D eigenvalue weighted by Crippen LogP contribution is -2.56. The van der Waals surface area contributed by atoms with Gasteiger partial charge in [-0.2, -0.15) is 0 Å². The van der Waals surface area contributed by atoms with Crippen LogP contribution in [0, 0.1) is 5.41 Å². The number of methoxy groups -OCH3 is 1. The zero-order valence-electron chi connectivity index (χ0n) is 19.6. The van der Waals surface area contributed by atoms with Crippen LogP contribution in [-0.4, -0.2) is 56.4 Å². The maximum Gasteiger partial charge on any atom is 0.265 e. The van der Waals surface area contributed by atoms with Crippen LogP contribution in [-0.2, 0) is 14.6 Å². The number of nitrogens with one attached hydrogen (secondary N) is 1. The SMILES string of the molecule is COc1ccc(Oc2ccc(S(=O)(=O)C3(C(=O)NO)CCC4(CCCN(C)C4)CC3)cc2)cc1. The monoisotopic (exact) mass is 488 g/mol. The number of ether oxygens (including phenoxy) is 2. The van der Waals surface area contributed by atoms with E-state index in [-0.39, 0.29) is 23.2 Å². The molecule has 0 radical (unpaired) electrons. The number of hydrogen-bond acceptors (Lipinski definition) is 7. The van der Waals surface area contributed by atoms with Crippen molar-refractivity contribution in [2.75, 3.05) is 27.2 Å². The van der Waals surface area contributed by atoms with E-state index in [0.29, 0.717) is 30.1 Å². The predicted molar refractivity (Wildman–Crippen MR) is 127 cm³/mol. The highest BCUT2D eigenvalue weighted by Crippen LogP contribution is 2.50. The molecule has 9 heteroatoms. The van der Waals surface area contributed by atoms with Crippen molar-refractivity contribution < 1.29 is 27.9 Å². The van der Waals surface area contributed by atoms with Gasteiger partial charge in [0.25, 0.3) is 5.91 Å². The Hall–Kier alpha value is -2.62. The van der Waals surface area contributed by atoms with Crippen molar-refractivity contribution in [2.24, 2.45) is 5.41 Å². The fraction of sp³-hybridized carbons (Fsp3) is 0.480. The van der Waals surface area contributed by atoms with Crippen LogP contribution in [0.15, 0.2) is 53.4 Å². The molecular formula is C25H32N2O6S. The third-order valence-electron chi connectivity index (χ3n) is 7.43. The Morgan fingerprint density at radius 3 is 2.03 bits per heavy atom. The first-order valence-corrected chi connectivity index (χ1v) is 13.0. The molecule has 2 aliphatic rings. The van der Waals surface area contributed by atoms with E-state index in [0.717, 1.165) is 25.9 Å². The van der Waals surface area contributed by atoms with Crippen LogP contribution in [0.3, 0.4) is 0 Å². The molecule has 34 heavy (non-hydrogen) atoms. The number of likely N-dealkylation sites (tertiary alicyclic amines) is 1. The third kappa shape index (κ3) is 4.52. The lowest BCUT2D eigenvalue weighted by atomic mass is 9.66. The normalized spacial score (nSPS) is 25.6. The van der Waals surface area contributed by atoms with Gasteiger partial charge >= 0.3 is 0 Å². The van der Waals surface area contributed by atoms with Gasteiger partial charge in [0.15, 0.2) is 14.6 Å². The van der Waals surface area contributed by atoms with Crippen molar-refractivity contribution in [1.29, 1.82) is 0 Å². The van der Waals surface area contributed by atoms with Gasteiger partial charge in [0.2, 0.25) is 0 Å². The zero-order chi connectivity index (χ0) is 24.4. The second kappa shape index (κ2) is 9.56. The van der Waals surface area contributed by atoms with Gasteiger partial charge in [-0.3, -0.25) is 10.0 Å². The summed E-state index contributed by atoms with van der Waals surface area (Å²) in [5.41, 5.74) is 1.67. The highest BCUT2D eigenvalue weighted by Gasteiger charge is 2.56. The summed E-state index contributed by atoms with van der Waals surface area (Å²) in [7, 11) is -0.399. The zero-order valence-corrected chi connectivity index (χ0v) is 20.4. The molecule has 1 saturated heterocycles. The molecule has 2 fully saturated rings. The number of hydroxylamine groups is 1. The summed E-state index contributed by atoms with van der Waals surface area (Å²) in [6.07, 6.45) is 3.72. The number of hydrogen-bond donors (Lipinski definition) is 2. The summed E-state index contributed by atoms with van der Waals surface area (Å²) >= 11 is 0. The largest absolute Gasteiger partial charge is 0.497 e. The molecule has 0 aromatic heterocycles. The molecule has 1 amide bonds. The molecule has 2 aromatic carbocycles. The van der Waals surface area contributed by atoms with Crippen LogP contribution >= 0.6 is 0 Å². The Labute approximate surface area is 200 Å². The van der Waals surface area contributed by atoms with Gasteiger partial charge in [-0.05, 0) is 106 Å². The van der Waals surface area contributed by atoms with Crippen molar-refractivity contribution in [3.05, 3.63) is 48.5 Å². The third-order valence-corrected chi connectivity index (χ3v) is 9.94. The summed E-state index contributed by atoms with van der Waals surface area (Å²) in [5.74, 6) is 0.903. The Kier molecular flexibility index (Phi) is 6.89. The quantitative estimate of drug-likeness (QED) is 0.471. The Bertz CT molecular complexity index is 1110. The minimum atomic E-state index is -4.06. The van der Waals surface area contributed by atoms with E-state index < -0.39 is 20.5 Å². The molecule has 0 atom stereocenters. The van der Waals surface area contributed by atoms with Crippen LogP contribution in [0.4, 0.5) is 0 Å². The first-order chi connectivity index (χ1) is 16.2. The molecular weight excluding hydrogens is 456 g/mol. The van der Waals surface area contributed by atoms with Gasteiger partial charge in [-0.15, -0.1) is 0 Å². The Balaban J connectivity index is 1.56. The number of sulfone groups is 1. The minimum Gasteiger partial charge on any atom is -0.497 e. The molecule has 1 saturated carbocycles. The average molecular weight is 489 g/mol. The number of carbonyl (C=O) groups is 1. The highest BCUT2D eigenvalue weighted by atomic mass is 32.2. The molecule has 8 nitrogen and oxygen atoms in total. The van der Waals surface area contributed by atoms with E-state index in [1.165, 1.54) is 12.1 Å². The number of benzene rings is 2. The van der Waals surface area contributed by atoms with Crippen molar-refractivity contribution in [3.8, 4) is 17.2 Å². The Morgan fingerprint density at radius 1 is 0.941 bits per heavy atom. The van der Waals surface area contributed by atoms with Crippen LogP contribution in [0.1, 0.15) is 38.5 Å². The number of nitrogens with zero attached hydrogens (tertiary/aromatic N) is 1. The first kappa shape index (κ1) is 24.5. The second-order valence-corrected chi connectivity index (χ2v) is 11.8. The molecule has 1 aliphatic heterocycles. The molecule has 1 heterocycles. The maximum atomic E-state index is 13.7. The standard InChI is InChI=1S/C25H32N2O6S/c1-27-17-3-12-24(18-27)13-15-25(16-14-24,23(28)26-29)34(30,31)22-10-8-21(9-11-22)33-20-6-4-19(32-2)5-7-20/h4-11,29H,3,12-18H2,1-2H3,(H,26,28). The van der Waals surface area contributed by atoms with E-state index in [2.05, 4.69) is 11.9 Å². The number of piperidine rings is 1. The summed E-state index contributed by atoms with van der Waals surface area (Å²) in [6, 6.07) is 13.1. The predicted octanol–water partition coefficient (Wildman–Crippen LogP) is 3.79. The van der Waals surface area contributed by atoms with Crippen LogP contribution in [0.25, 0.3) is 0 Å². The van der Waals surface area contributed by atoms with Crippen molar-refractivity contribution >= 4 is 15.7 Å². The minimum absolute atomic E-state index is 0.0256. The van der Waals surface area contributed by atoms with E-state index in [1.807, 2.05) is 0 Å². The Morgan fingerprint density at radius 2 is 1.50 bits per heavy atom. The topological polar surface area (TPSA) is 105 Å². The molecule has 2 N–H and O–H groups in total. The second-order valence-electron chi connectivity index (χ2n) is 9.53. The van der Waals surface area contributed by atoms with Gasteiger partial charge in [0, 0.05) is 6.54 Å². The molecule has 1 spiro atoms. The summed E-state index contributed by atoms with van der Waals surface area (Å²) in [4.78, 5) is 15.1. The lowest BCUT2D eigenvalue weighted by Gasteiger charge is -2.48. The van der Waals surface area contributed by atoms with Gasteiger partial charge < -0.3 is 14.4 Å². The lowest BCUT2D eigenvalue weighted by molar-refractivity contribution is -0.133. The van der Waals surface area contributed by atoms with Gasteiger partial charge in [-0.1, -0.05) is 0 Å². The summed E-state index contributed by atoms with van der Waals surface area (Å²) in [5, 5.41) is 9.45. The van der Waals surface area contributed by atoms with Crippen molar-refractivity contribution in [1.82, 2.24) is 10.4 Å². The molecule has 184 valence electrons. The van der Waals surface area contributed by atoms with Gasteiger partial charge in [0.05, 0.1) is 12.0 Å². The van der Waals surface area contributed by atoms with Gasteiger partial charge in [0.1, 0.15) is 17.2 Å². The fourth-order valence-corrected chi connectivity index (χ4v) is 7.44. The van der Waals surface area contributed by atoms with E-state index in [1.54, 1.807) is 49.0 Å². The van der Waals surface area contributed by atoms with E-state index in [4.69, 9.17) is 9.47 Å². The van der Waals surface area contributed by atoms with Crippen LogP contribution < -0.4 is 15.0 Å². The smallest absolute Gasteiger partial charge is 0.265 e. The van der Waals surface area contributed by atoms with Crippen molar-refractivity contribution in [3.63, 3.8) is 0 Å². The fourth-order valence-electron chi connectivity index (χ4n) is 5.46. The van der Waals surface area contributed by atoms with Crippen LogP contribution in [0.5, 0.6) is 17.2 Å². The molecule has 2 aromatic rings. The molecule has 0 bridgehead atoms. The number of carbonyl (C=O) groups excluding carboxylic acids is 1.